The Balaban J connectivity index is 2.21. The van der Waals surface area contributed by atoms with Crippen molar-refractivity contribution in [3.63, 3.8) is 0 Å². The average molecular weight is 280 g/mol. The van der Waals surface area contributed by atoms with Crippen molar-refractivity contribution in [1.82, 2.24) is 9.88 Å². The van der Waals surface area contributed by atoms with Gasteiger partial charge in [-0.1, -0.05) is 30.3 Å². The fourth-order valence-corrected chi connectivity index (χ4v) is 1.99. The molecule has 21 heavy (non-hydrogen) atoms. The molecule has 0 bridgehead atoms. The van der Waals surface area contributed by atoms with Gasteiger partial charge in [-0.2, -0.15) is 5.26 Å². The molecule has 0 aliphatic carbocycles. The van der Waals surface area contributed by atoms with Crippen LogP contribution in [0, 0.1) is 11.3 Å². The molecule has 5 heteroatoms. The van der Waals surface area contributed by atoms with E-state index < -0.39 is 0 Å². The fraction of sp³-hybridized carbons (Fsp3) is 0.188. The van der Waals surface area contributed by atoms with Crippen LogP contribution < -0.4 is 5.73 Å². The predicted molar refractivity (Wildman–Crippen MR) is 78.9 cm³/mol. The summed E-state index contributed by atoms with van der Waals surface area (Å²) in [4.78, 5) is 18.1. The number of nitrogens with zero attached hydrogens (tertiary/aromatic N) is 3. The molecule has 5 nitrogen and oxygen atoms in total. The van der Waals surface area contributed by atoms with Crippen LogP contribution >= 0.6 is 0 Å². The van der Waals surface area contributed by atoms with Crippen LogP contribution in [0.25, 0.3) is 0 Å². The summed E-state index contributed by atoms with van der Waals surface area (Å²) in [5, 5.41) is 8.94. The van der Waals surface area contributed by atoms with Crippen LogP contribution in [-0.2, 0) is 13.1 Å². The molecule has 0 saturated heterocycles. The van der Waals surface area contributed by atoms with Crippen LogP contribution in [0.4, 0.5) is 0 Å². The van der Waals surface area contributed by atoms with Gasteiger partial charge in [-0.15, -0.1) is 0 Å². The van der Waals surface area contributed by atoms with Gasteiger partial charge in [0.1, 0.15) is 6.54 Å². The van der Waals surface area contributed by atoms with Gasteiger partial charge in [0.25, 0.3) is 5.91 Å². The van der Waals surface area contributed by atoms with Gasteiger partial charge in [0.15, 0.2) is 0 Å². The second-order valence-electron chi connectivity index (χ2n) is 4.54. The van der Waals surface area contributed by atoms with Gasteiger partial charge in [0.05, 0.1) is 11.8 Å². The number of rotatable bonds is 5. The van der Waals surface area contributed by atoms with Crippen LogP contribution in [0.1, 0.15) is 21.6 Å². The van der Waals surface area contributed by atoms with E-state index in [1.54, 1.807) is 18.3 Å². The highest BCUT2D eigenvalue weighted by Crippen LogP contribution is 2.10. The van der Waals surface area contributed by atoms with E-state index in [0.29, 0.717) is 17.8 Å². The maximum absolute atomic E-state index is 12.5. The highest BCUT2D eigenvalue weighted by Gasteiger charge is 2.16. The quantitative estimate of drug-likeness (QED) is 0.845. The van der Waals surface area contributed by atoms with Crippen LogP contribution in [-0.4, -0.2) is 22.3 Å². The molecule has 0 aliphatic heterocycles. The van der Waals surface area contributed by atoms with E-state index >= 15 is 0 Å². The Bertz CT molecular complexity index is 649. The van der Waals surface area contributed by atoms with Crippen molar-refractivity contribution in [2.75, 3.05) is 6.54 Å². The summed E-state index contributed by atoms with van der Waals surface area (Å²) in [6, 6.07) is 14.9. The smallest absolute Gasteiger partial charge is 0.255 e. The van der Waals surface area contributed by atoms with Crippen molar-refractivity contribution in [3.8, 4) is 6.07 Å². The van der Waals surface area contributed by atoms with Crippen molar-refractivity contribution >= 4 is 5.91 Å². The average Bonchev–Trinajstić information content (AvgIpc) is 2.55. The standard InChI is InChI=1S/C16H16N4O/c17-7-9-20(12-13-4-2-1-3-5-13)16(21)14-6-8-19-15(10-14)11-18/h1-6,8,10H,9,11-12,18H2. The van der Waals surface area contributed by atoms with E-state index in [2.05, 4.69) is 4.98 Å². The van der Waals surface area contributed by atoms with Gasteiger partial charge in [0.2, 0.25) is 0 Å². The van der Waals surface area contributed by atoms with Crippen LogP contribution in [0.2, 0.25) is 0 Å². The Morgan fingerprint density at radius 2 is 2.05 bits per heavy atom. The molecule has 0 atom stereocenters. The molecule has 2 N–H and O–H groups in total. The summed E-state index contributed by atoms with van der Waals surface area (Å²) in [6.07, 6.45) is 1.56. The number of aromatic nitrogens is 1. The number of carbonyl (C=O) groups excluding carboxylic acids is 1. The minimum atomic E-state index is -0.197. The third-order valence-corrected chi connectivity index (χ3v) is 3.04. The van der Waals surface area contributed by atoms with Crippen LogP contribution in [0.3, 0.4) is 0 Å². The van der Waals surface area contributed by atoms with Crippen molar-refractivity contribution < 1.29 is 4.79 Å². The molecule has 0 radical (unpaired) electrons. The summed E-state index contributed by atoms with van der Waals surface area (Å²) >= 11 is 0. The van der Waals surface area contributed by atoms with Crippen LogP contribution in [0.15, 0.2) is 48.7 Å². The second-order valence-corrected chi connectivity index (χ2v) is 4.54. The lowest BCUT2D eigenvalue weighted by Crippen LogP contribution is -2.31. The first kappa shape index (κ1) is 14.7. The Labute approximate surface area is 123 Å². The van der Waals surface area contributed by atoms with Gasteiger partial charge in [-0.3, -0.25) is 9.78 Å². The van der Waals surface area contributed by atoms with Crippen molar-refractivity contribution in [3.05, 3.63) is 65.5 Å². The highest BCUT2D eigenvalue weighted by atomic mass is 16.2. The molecule has 1 heterocycles. The first-order chi connectivity index (χ1) is 10.2. The van der Waals surface area contributed by atoms with E-state index in [0.717, 1.165) is 5.56 Å². The van der Waals surface area contributed by atoms with Gasteiger partial charge in [0, 0.05) is 24.8 Å². The first-order valence-electron chi connectivity index (χ1n) is 6.59. The Morgan fingerprint density at radius 1 is 1.29 bits per heavy atom. The number of nitriles is 1. The molecule has 0 spiro atoms. The molecular weight excluding hydrogens is 264 g/mol. The zero-order valence-corrected chi connectivity index (χ0v) is 11.6. The Hall–Kier alpha value is -2.71. The molecule has 1 aromatic heterocycles. The first-order valence-corrected chi connectivity index (χ1v) is 6.59. The van der Waals surface area contributed by atoms with Crippen LogP contribution in [0.5, 0.6) is 0 Å². The van der Waals surface area contributed by atoms with Crippen molar-refractivity contribution in [2.24, 2.45) is 5.73 Å². The lowest BCUT2D eigenvalue weighted by Gasteiger charge is -2.20. The minimum Gasteiger partial charge on any atom is -0.325 e. The van der Waals surface area contributed by atoms with E-state index in [1.807, 2.05) is 36.4 Å². The fourth-order valence-electron chi connectivity index (χ4n) is 1.99. The maximum Gasteiger partial charge on any atom is 0.255 e. The van der Waals surface area contributed by atoms with E-state index in [-0.39, 0.29) is 19.0 Å². The lowest BCUT2D eigenvalue weighted by molar-refractivity contribution is 0.0764. The zero-order chi connectivity index (χ0) is 15.1. The minimum absolute atomic E-state index is 0.0357. The third-order valence-electron chi connectivity index (χ3n) is 3.04. The zero-order valence-electron chi connectivity index (χ0n) is 11.6. The molecule has 1 aromatic carbocycles. The lowest BCUT2D eigenvalue weighted by atomic mass is 10.1. The van der Waals surface area contributed by atoms with E-state index in [9.17, 15) is 4.79 Å². The van der Waals surface area contributed by atoms with Crippen molar-refractivity contribution in [2.45, 2.75) is 13.1 Å². The maximum atomic E-state index is 12.5. The normalized spacial score (nSPS) is 9.90. The summed E-state index contributed by atoms with van der Waals surface area (Å²) in [5.74, 6) is -0.197. The molecule has 106 valence electrons. The summed E-state index contributed by atoms with van der Waals surface area (Å²) in [6.45, 7) is 0.708. The van der Waals surface area contributed by atoms with Gasteiger partial charge < -0.3 is 10.6 Å². The monoisotopic (exact) mass is 280 g/mol. The van der Waals surface area contributed by atoms with Crippen molar-refractivity contribution in [1.29, 1.82) is 5.26 Å². The Kier molecular flexibility index (Phi) is 5.02. The number of pyridine rings is 1. The summed E-state index contributed by atoms with van der Waals surface area (Å²) in [5.41, 5.74) is 7.67. The third kappa shape index (κ3) is 3.88. The number of hydrogen-bond donors (Lipinski definition) is 1. The molecule has 2 aromatic rings. The molecule has 0 aliphatic rings. The Morgan fingerprint density at radius 3 is 2.71 bits per heavy atom. The topological polar surface area (TPSA) is 83.0 Å². The molecule has 1 amide bonds. The molecule has 0 saturated carbocycles. The number of carbonyl (C=O) groups is 1. The molecule has 2 rings (SSSR count). The number of hydrogen-bond acceptors (Lipinski definition) is 4. The number of nitrogens with two attached hydrogens (primary N) is 1. The SMILES string of the molecule is N#CCN(Cc1ccccc1)C(=O)c1ccnc(CN)c1. The summed E-state index contributed by atoms with van der Waals surface area (Å²) in [7, 11) is 0. The van der Waals surface area contributed by atoms with Gasteiger partial charge in [-0.25, -0.2) is 0 Å². The molecular formula is C16H16N4O. The second kappa shape index (κ2) is 7.17. The van der Waals surface area contributed by atoms with E-state index in [1.165, 1.54) is 4.90 Å². The molecule has 0 fully saturated rings. The summed E-state index contributed by atoms with van der Waals surface area (Å²) < 4.78 is 0. The van der Waals surface area contributed by atoms with Gasteiger partial charge >= 0.3 is 0 Å². The largest absolute Gasteiger partial charge is 0.325 e. The number of amides is 1. The molecule has 0 unspecified atom stereocenters. The van der Waals surface area contributed by atoms with Gasteiger partial charge in [-0.05, 0) is 17.7 Å². The number of benzene rings is 1. The van der Waals surface area contributed by atoms with E-state index in [4.69, 9.17) is 11.0 Å². The highest BCUT2D eigenvalue weighted by molar-refractivity contribution is 5.94. The predicted octanol–water partition coefficient (Wildman–Crippen LogP) is 1.71.